The van der Waals surface area contributed by atoms with Crippen molar-refractivity contribution in [2.75, 3.05) is 18.7 Å². The van der Waals surface area contributed by atoms with Gasteiger partial charge in [-0.05, 0) is 29.8 Å². The number of carbonyl (C=O) groups excluding carboxylic acids is 1. The number of ether oxygens (including phenoxy) is 3. The van der Waals surface area contributed by atoms with Gasteiger partial charge in [-0.3, -0.25) is 10.1 Å². The lowest BCUT2D eigenvalue weighted by atomic mass is 10.1. The van der Waals surface area contributed by atoms with E-state index in [1.807, 2.05) is 36.4 Å². The molecule has 8 heteroatoms. The number of aromatic nitrogens is 2. The molecule has 132 valence electrons. The summed E-state index contributed by atoms with van der Waals surface area (Å²) in [5.74, 6) is 2.01. The van der Waals surface area contributed by atoms with Gasteiger partial charge in [-0.1, -0.05) is 29.4 Å². The zero-order valence-corrected chi connectivity index (χ0v) is 13.7. The fraction of sp³-hybridized carbons (Fsp3) is 0.167. The lowest BCUT2D eigenvalue weighted by Gasteiger charge is -2.04. The first-order valence-corrected chi connectivity index (χ1v) is 7.95. The number of nitrogens with zero attached hydrogens (tertiary/aromatic N) is 2. The summed E-state index contributed by atoms with van der Waals surface area (Å²) in [6, 6.07) is 14.7. The van der Waals surface area contributed by atoms with Crippen molar-refractivity contribution in [2.24, 2.45) is 0 Å². The Kier molecular flexibility index (Phi) is 4.38. The third kappa shape index (κ3) is 3.75. The van der Waals surface area contributed by atoms with E-state index in [-0.39, 0.29) is 25.3 Å². The molecule has 26 heavy (non-hydrogen) atoms. The Morgan fingerprint density at radius 1 is 1.08 bits per heavy atom. The molecule has 2 aromatic carbocycles. The summed E-state index contributed by atoms with van der Waals surface area (Å²) in [6.07, 6.45) is 0.417. The zero-order valence-electron chi connectivity index (χ0n) is 13.7. The van der Waals surface area contributed by atoms with Crippen LogP contribution in [0.3, 0.4) is 0 Å². The average Bonchev–Trinajstić information content (AvgIpc) is 3.30. The summed E-state index contributed by atoms with van der Waals surface area (Å²) >= 11 is 0. The summed E-state index contributed by atoms with van der Waals surface area (Å²) < 4.78 is 21.4. The molecule has 8 nitrogen and oxygen atoms in total. The number of anilines is 1. The van der Waals surface area contributed by atoms with Gasteiger partial charge in [0.15, 0.2) is 18.1 Å². The Hall–Kier alpha value is -3.55. The highest BCUT2D eigenvalue weighted by Crippen LogP contribution is 2.33. The zero-order chi connectivity index (χ0) is 17.8. The molecule has 1 aromatic heterocycles. The Labute approximate surface area is 148 Å². The Balaban J connectivity index is 1.32. The van der Waals surface area contributed by atoms with Crippen molar-refractivity contribution in [3.8, 4) is 17.2 Å². The van der Waals surface area contributed by atoms with E-state index in [9.17, 15) is 4.79 Å². The van der Waals surface area contributed by atoms with Crippen LogP contribution in [0.2, 0.25) is 0 Å². The summed E-state index contributed by atoms with van der Waals surface area (Å²) in [7, 11) is 0. The van der Waals surface area contributed by atoms with Crippen LogP contribution in [0.1, 0.15) is 11.5 Å². The number of amides is 1. The van der Waals surface area contributed by atoms with E-state index < -0.39 is 0 Å². The molecule has 4 rings (SSSR count). The smallest absolute Gasteiger partial charge is 0.322 e. The number of nitrogens with one attached hydrogen (secondary N) is 1. The lowest BCUT2D eigenvalue weighted by molar-refractivity contribution is -0.118. The Bertz CT molecular complexity index is 910. The van der Waals surface area contributed by atoms with Crippen LogP contribution in [-0.4, -0.2) is 29.5 Å². The van der Waals surface area contributed by atoms with E-state index >= 15 is 0 Å². The van der Waals surface area contributed by atoms with Gasteiger partial charge in [0.1, 0.15) is 5.75 Å². The molecule has 0 spiro atoms. The average molecular weight is 353 g/mol. The van der Waals surface area contributed by atoms with Gasteiger partial charge in [-0.25, -0.2) is 0 Å². The predicted octanol–water partition coefficient (Wildman–Crippen LogP) is 2.41. The highest BCUT2D eigenvalue weighted by molar-refractivity contribution is 5.89. The summed E-state index contributed by atoms with van der Waals surface area (Å²) in [6.45, 7) is 0.0739. The largest absolute Gasteiger partial charge is 0.484 e. The first kappa shape index (κ1) is 15.9. The molecule has 2 heterocycles. The molecule has 1 N–H and O–H groups in total. The van der Waals surface area contributed by atoms with E-state index in [0.29, 0.717) is 29.6 Å². The molecule has 0 unspecified atom stereocenters. The number of benzene rings is 2. The molecule has 0 bridgehead atoms. The molecule has 1 amide bonds. The van der Waals surface area contributed by atoms with Crippen molar-refractivity contribution < 1.29 is 23.4 Å². The quantitative estimate of drug-likeness (QED) is 0.727. The molecule has 0 atom stereocenters. The van der Waals surface area contributed by atoms with Crippen LogP contribution in [0, 0.1) is 0 Å². The third-order valence-corrected chi connectivity index (χ3v) is 3.62. The molecular formula is C18H15N3O5. The van der Waals surface area contributed by atoms with Gasteiger partial charge in [0.05, 0.1) is 6.42 Å². The summed E-state index contributed by atoms with van der Waals surface area (Å²) in [5.41, 5.74) is 0.934. The predicted molar refractivity (Wildman–Crippen MR) is 90.2 cm³/mol. The normalized spacial score (nSPS) is 12.0. The van der Waals surface area contributed by atoms with Gasteiger partial charge >= 0.3 is 6.01 Å². The van der Waals surface area contributed by atoms with E-state index in [1.165, 1.54) is 0 Å². The molecule has 0 radical (unpaired) electrons. The lowest BCUT2D eigenvalue weighted by Crippen LogP contribution is -2.20. The van der Waals surface area contributed by atoms with Crippen molar-refractivity contribution in [3.63, 3.8) is 0 Å². The highest BCUT2D eigenvalue weighted by atomic mass is 16.7. The van der Waals surface area contributed by atoms with Crippen LogP contribution in [0.25, 0.3) is 0 Å². The van der Waals surface area contributed by atoms with Gasteiger partial charge in [0.25, 0.3) is 5.91 Å². The number of para-hydroxylation sites is 1. The van der Waals surface area contributed by atoms with Gasteiger partial charge in [-0.2, -0.15) is 0 Å². The number of carbonyl (C=O) groups is 1. The number of hydrogen-bond donors (Lipinski definition) is 1. The van der Waals surface area contributed by atoms with Gasteiger partial charge in [0.2, 0.25) is 12.7 Å². The van der Waals surface area contributed by atoms with Crippen molar-refractivity contribution in [3.05, 3.63) is 60.0 Å². The Morgan fingerprint density at radius 2 is 1.92 bits per heavy atom. The number of rotatable bonds is 6. The first-order valence-electron chi connectivity index (χ1n) is 7.95. The highest BCUT2D eigenvalue weighted by Gasteiger charge is 2.15. The van der Waals surface area contributed by atoms with Crippen LogP contribution in [-0.2, 0) is 11.2 Å². The molecule has 1 aliphatic rings. The van der Waals surface area contributed by atoms with Crippen LogP contribution >= 0.6 is 0 Å². The molecular weight excluding hydrogens is 338 g/mol. The van der Waals surface area contributed by atoms with Gasteiger partial charge in [0, 0.05) is 0 Å². The second-order valence-electron chi connectivity index (χ2n) is 5.52. The SMILES string of the molecule is O=C(COc1ccccc1)Nc1nnc(Cc2ccc3c(c2)OCO3)o1. The topological polar surface area (TPSA) is 95.7 Å². The van der Waals surface area contributed by atoms with E-state index in [2.05, 4.69) is 15.5 Å². The molecule has 0 saturated heterocycles. The van der Waals surface area contributed by atoms with Crippen LogP contribution in [0.4, 0.5) is 6.01 Å². The molecule has 3 aromatic rings. The third-order valence-electron chi connectivity index (χ3n) is 3.62. The second-order valence-corrected chi connectivity index (χ2v) is 5.52. The van der Waals surface area contributed by atoms with Gasteiger partial charge < -0.3 is 18.6 Å². The van der Waals surface area contributed by atoms with E-state index in [4.69, 9.17) is 18.6 Å². The van der Waals surface area contributed by atoms with Crippen LogP contribution in [0.15, 0.2) is 52.9 Å². The standard InChI is InChI=1S/C18H15N3O5/c22-16(10-23-13-4-2-1-3-5-13)19-18-21-20-17(26-18)9-12-6-7-14-15(8-12)25-11-24-14/h1-8H,9-11H2,(H,19,21,22). The maximum absolute atomic E-state index is 11.9. The molecule has 0 fully saturated rings. The van der Waals surface area contributed by atoms with Crippen molar-refractivity contribution in [1.29, 1.82) is 0 Å². The number of fused-ring (bicyclic) bond motifs is 1. The maximum Gasteiger partial charge on any atom is 0.322 e. The van der Waals surface area contributed by atoms with Crippen molar-refractivity contribution >= 4 is 11.9 Å². The van der Waals surface area contributed by atoms with Gasteiger partial charge in [-0.15, -0.1) is 5.10 Å². The fourth-order valence-electron chi connectivity index (χ4n) is 2.42. The fourth-order valence-corrected chi connectivity index (χ4v) is 2.42. The van der Waals surface area contributed by atoms with Crippen molar-refractivity contribution in [2.45, 2.75) is 6.42 Å². The number of hydrogen-bond acceptors (Lipinski definition) is 7. The maximum atomic E-state index is 11.9. The minimum absolute atomic E-state index is 0.0300. The summed E-state index contributed by atoms with van der Waals surface area (Å²) in [4.78, 5) is 11.9. The first-order chi connectivity index (χ1) is 12.8. The minimum Gasteiger partial charge on any atom is -0.484 e. The molecule has 0 aliphatic carbocycles. The van der Waals surface area contributed by atoms with E-state index in [0.717, 1.165) is 5.56 Å². The monoisotopic (exact) mass is 353 g/mol. The van der Waals surface area contributed by atoms with Crippen LogP contribution in [0.5, 0.6) is 17.2 Å². The Morgan fingerprint density at radius 3 is 2.81 bits per heavy atom. The minimum atomic E-state index is -0.382. The van der Waals surface area contributed by atoms with Crippen LogP contribution < -0.4 is 19.5 Å². The summed E-state index contributed by atoms with van der Waals surface area (Å²) in [5, 5.41) is 10.3. The molecule has 1 aliphatic heterocycles. The van der Waals surface area contributed by atoms with Crippen molar-refractivity contribution in [1.82, 2.24) is 10.2 Å². The molecule has 0 saturated carbocycles. The second kappa shape index (κ2) is 7.14. The van der Waals surface area contributed by atoms with E-state index in [1.54, 1.807) is 12.1 Å².